The van der Waals surface area contributed by atoms with Gasteiger partial charge < -0.3 is 4.90 Å². The highest BCUT2D eigenvalue weighted by atomic mass is 19.1. The molecule has 5 nitrogen and oxygen atoms in total. The number of rotatable bonds is 5. The zero-order chi connectivity index (χ0) is 23.0. The second kappa shape index (κ2) is 8.90. The quantitative estimate of drug-likeness (QED) is 0.643. The normalized spacial score (nSPS) is 31.0. The van der Waals surface area contributed by atoms with Crippen molar-refractivity contribution in [1.29, 1.82) is 0 Å². The summed E-state index contributed by atoms with van der Waals surface area (Å²) in [5, 5.41) is 6.84. The van der Waals surface area contributed by atoms with Crippen LogP contribution in [-0.2, 0) is 11.2 Å². The van der Waals surface area contributed by atoms with Crippen LogP contribution in [0.4, 0.5) is 4.39 Å². The number of nitrogens with zero attached hydrogens (tertiary/aromatic N) is 4. The zero-order valence-electron chi connectivity index (χ0n) is 19.5. The number of piperidine rings is 1. The van der Waals surface area contributed by atoms with Crippen LogP contribution in [0.3, 0.4) is 0 Å². The van der Waals surface area contributed by atoms with Gasteiger partial charge in [0.15, 0.2) is 0 Å². The third-order valence-corrected chi connectivity index (χ3v) is 7.54. The van der Waals surface area contributed by atoms with Gasteiger partial charge in [0.1, 0.15) is 6.17 Å². The first kappa shape index (κ1) is 22.1. The van der Waals surface area contributed by atoms with Gasteiger partial charge in [0.25, 0.3) is 0 Å². The van der Waals surface area contributed by atoms with Gasteiger partial charge in [-0.15, -0.1) is 0 Å². The molecular weight excluding hydrogens is 415 g/mol. The first-order valence-electron chi connectivity index (χ1n) is 12.0. The van der Waals surface area contributed by atoms with E-state index >= 15 is 0 Å². The van der Waals surface area contributed by atoms with Crippen molar-refractivity contribution < 1.29 is 9.18 Å². The maximum absolute atomic E-state index is 13.6. The molecule has 0 aromatic heterocycles. The largest absolute Gasteiger partial charge is 0.348 e. The predicted molar refractivity (Wildman–Crippen MR) is 129 cm³/mol. The zero-order valence-corrected chi connectivity index (χ0v) is 19.5. The van der Waals surface area contributed by atoms with E-state index in [0.29, 0.717) is 18.9 Å². The number of fused-ring (bicyclic) bond motifs is 2. The molecule has 0 radical (unpaired) electrons. The summed E-state index contributed by atoms with van der Waals surface area (Å²) in [6.45, 7) is 2.25. The monoisotopic (exact) mass is 448 g/mol. The summed E-state index contributed by atoms with van der Waals surface area (Å²) in [6, 6.07) is 10.9. The van der Waals surface area contributed by atoms with Gasteiger partial charge in [-0.25, -0.2) is 4.39 Å². The van der Waals surface area contributed by atoms with Crippen LogP contribution in [0, 0.1) is 11.3 Å². The number of carbonyl (C=O) groups excluding carboxylic acids is 1. The number of hydrazone groups is 1. The lowest BCUT2D eigenvalue weighted by Crippen LogP contribution is -2.52. The highest BCUT2D eigenvalue weighted by Gasteiger charge is 2.48. The molecule has 4 atom stereocenters. The number of likely N-dealkylation sites (tertiary alicyclic amines) is 1. The lowest BCUT2D eigenvalue weighted by atomic mass is 9.62. The highest BCUT2D eigenvalue weighted by molar-refractivity contribution is 5.77. The van der Waals surface area contributed by atoms with E-state index in [-0.39, 0.29) is 17.4 Å². The Hall–Kier alpha value is -2.73. The summed E-state index contributed by atoms with van der Waals surface area (Å²) in [4.78, 5) is 16.5. The number of likely N-dealkylation sites (N-methyl/N-ethyl adjacent to an activating group) is 1. The highest BCUT2D eigenvalue weighted by Crippen LogP contribution is 2.49. The molecular formula is C27H33FN4O. The van der Waals surface area contributed by atoms with Crippen molar-refractivity contribution >= 4 is 12.1 Å². The third-order valence-electron chi connectivity index (χ3n) is 7.54. The Kier molecular flexibility index (Phi) is 5.95. The number of carbonyl (C=O) groups is 1. The molecule has 174 valence electrons. The van der Waals surface area contributed by atoms with E-state index in [1.54, 1.807) is 11.0 Å². The number of amides is 1. The first-order valence-corrected chi connectivity index (χ1v) is 12.0. The Labute approximate surface area is 195 Å². The number of alkyl halides is 1. The van der Waals surface area contributed by atoms with Crippen LogP contribution in [0.15, 0.2) is 71.0 Å². The minimum Gasteiger partial charge on any atom is -0.348 e. The second-order valence-corrected chi connectivity index (χ2v) is 10.1. The van der Waals surface area contributed by atoms with E-state index in [4.69, 9.17) is 5.10 Å². The molecule has 4 unspecified atom stereocenters. The van der Waals surface area contributed by atoms with Gasteiger partial charge in [-0.05, 0) is 37.0 Å². The number of benzene rings is 1. The minimum atomic E-state index is -0.895. The Balaban J connectivity index is 1.44. The SMILES string of the molecule is CN(C)C(=O)CN1CCC2=CC3C(C=NN3C3=CCC(F)C=C3)CC2(Cc2ccccc2)C1. The first-order chi connectivity index (χ1) is 15.9. The van der Waals surface area contributed by atoms with Crippen LogP contribution >= 0.6 is 0 Å². The van der Waals surface area contributed by atoms with Crippen LogP contribution in [0.5, 0.6) is 0 Å². The van der Waals surface area contributed by atoms with E-state index in [0.717, 1.165) is 38.0 Å². The average molecular weight is 449 g/mol. The fourth-order valence-corrected chi connectivity index (χ4v) is 5.82. The van der Waals surface area contributed by atoms with Crippen molar-refractivity contribution in [2.45, 2.75) is 37.9 Å². The fraction of sp³-hybridized carbons (Fsp3) is 0.481. The van der Waals surface area contributed by atoms with Gasteiger partial charge in [0.2, 0.25) is 5.91 Å². The van der Waals surface area contributed by atoms with Crippen molar-refractivity contribution in [2.24, 2.45) is 16.4 Å². The molecule has 0 bridgehead atoms. The predicted octanol–water partition coefficient (Wildman–Crippen LogP) is 3.81. The van der Waals surface area contributed by atoms with Gasteiger partial charge in [-0.2, -0.15) is 5.10 Å². The third kappa shape index (κ3) is 4.41. The van der Waals surface area contributed by atoms with Gasteiger partial charge in [-0.1, -0.05) is 48.1 Å². The van der Waals surface area contributed by atoms with Crippen molar-refractivity contribution in [3.05, 3.63) is 71.5 Å². The number of hydrogen-bond donors (Lipinski definition) is 0. The molecule has 2 heterocycles. The maximum Gasteiger partial charge on any atom is 0.236 e. The Bertz CT molecular complexity index is 1010. The van der Waals surface area contributed by atoms with Crippen molar-refractivity contribution in [2.75, 3.05) is 33.7 Å². The Morgan fingerprint density at radius 2 is 2.09 bits per heavy atom. The van der Waals surface area contributed by atoms with Crippen LogP contribution in [0.2, 0.25) is 0 Å². The van der Waals surface area contributed by atoms with Crippen LogP contribution in [0.25, 0.3) is 0 Å². The van der Waals surface area contributed by atoms with E-state index in [1.165, 1.54) is 11.1 Å². The van der Waals surface area contributed by atoms with Crippen molar-refractivity contribution in [3.63, 3.8) is 0 Å². The summed E-state index contributed by atoms with van der Waals surface area (Å²) in [5.41, 5.74) is 3.81. The summed E-state index contributed by atoms with van der Waals surface area (Å²) in [6.07, 6.45) is 12.4. The van der Waals surface area contributed by atoms with E-state index in [2.05, 4.69) is 52.5 Å². The van der Waals surface area contributed by atoms with Crippen molar-refractivity contribution in [3.8, 4) is 0 Å². The average Bonchev–Trinajstić information content (AvgIpc) is 3.20. The molecule has 6 heteroatoms. The number of halogens is 1. The molecule has 0 spiro atoms. The lowest BCUT2D eigenvalue weighted by molar-refractivity contribution is -0.130. The van der Waals surface area contributed by atoms with Gasteiger partial charge in [0, 0.05) is 51.2 Å². The molecule has 1 aromatic rings. The number of allylic oxidation sites excluding steroid dienone is 3. The van der Waals surface area contributed by atoms with Gasteiger partial charge >= 0.3 is 0 Å². The molecule has 4 aliphatic rings. The molecule has 0 N–H and O–H groups in total. The molecule has 2 aliphatic carbocycles. The molecule has 1 saturated heterocycles. The van der Waals surface area contributed by atoms with Gasteiger partial charge in [-0.3, -0.25) is 14.7 Å². The van der Waals surface area contributed by atoms with Crippen LogP contribution < -0.4 is 0 Å². The summed E-state index contributed by atoms with van der Waals surface area (Å²) in [7, 11) is 3.65. The van der Waals surface area contributed by atoms with E-state index in [9.17, 15) is 9.18 Å². The Morgan fingerprint density at radius 1 is 1.27 bits per heavy atom. The second-order valence-electron chi connectivity index (χ2n) is 10.1. The minimum absolute atomic E-state index is 0.00376. The molecule has 33 heavy (non-hydrogen) atoms. The summed E-state index contributed by atoms with van der Waals surface area (Å²) in [5.74, 6) is 0.459. The van der Waals surface area contributed by atoms with E-state index < -0.39 is 6.17 Å². The molecule has 1 aromatic carbocycles. The van der Waals surface area contributed by atoms with Crippen LogP contribution in [0.1, 0.15) is 24.8 Å². The molecule has 5 rings (SSSR count). The van der Waals surface area contributed by atoms with Crippen LogP contribution in [-0.4, -0.2) is 72.9 Å². The van der Waals surface area contributed by atoms with E-state index in [1.807, 2.05) is 26.2 Å². The smallest absolute Gasteiger partial charge is 0.236 e. The number of hydrogen-bond acceptors (Lipinski definition) is 4. The molecule has 1 fully saturated rings. The standard InChI is InChI=1S/C27H33FN4O/c1-30(2)26(33)18-31-13-12-22-14-25-21(17-29-32(25)24-10-8-23(28)9-11-24)16-27(22,19-31)15-20-6-4-3-5-7-20/h3-8,10-11,14,17,21,23,25H,9,12-13,15-16,18-19H2,1-2H3. The fourth-order valence-electron chi connectivity index (χ4n) is 5.82. The summed E-state index contributed by atoms with van der Waals surface area (Å²) < 4.78 is 13.6. The molecule has 1 amide bonds. The van der Waals surface area contributed by atoms with Crippen molar-refractivity contribution in [1.82, 2.24) is 14.8 Å². The van der Waals surface area contributed by atoms with Gasteiger partial charge in [0.05, 0.1) is 18.3 Å². The summed E-state index contributed by atoms with van der Waals surface area (Å²) >= 11 is 0. The Morgan fingerprint density at radius 3 is 2.82 bits per heavy atom. The molecule has 0 saturated carbocycles. The lowest BCUT2D eigenvalue weighted by Gasteiger charge is -2.50. The molecule has 2 aliphatic heterocycles. The topological polar surface area (TPSA) is 39.2 Å². The maximum atomic E-state index is 13.6.